The third-order valence-corrected chi connectivity index (χ3v) is 3.08. The van der Waals surface area contributed by atoms with Crippen LogP contribution in [0.1, 0.15) is 19.7 Å². The van der Waals surface area contributed by atoms with Crippen LogP contribution < -0.4 is 5.73 Å². The number of fused-ring (bicyclic) bond motifs is 1. The highest BCUT2D eigenvalue weighted by atomic mass is 16.5. The monoisotopic (exact) mass is 247 g/mol. The van der Waals surface area contributed by atoms with E-state index < -0.39 is 0 Å². The van der Waals surface area contributed by atoms with Crippen molar-refractivity contribution in [3.05, 3.63) is 30.1 Å². The minimum absolute atomic E-state index is 0.384. The van der Waals surface area contributed by atoms with Gasteiger partial charge >= 0.3 is 0 Å². The number of aromatic nitrogens is 2. The summed E-state index contributed by atoms with van der Waals surface area (Å²) < 4.78 is 7.53. The Balaban J connectivity index is 2.23. The van der Waals surface area contributed by atoms with E-state index in [1.54, 1.807) is 0 Å². The molecule has 1 aromatic carbocycles. The minimum atomic E-state index is -0.384. The van der Waals surface area contributed by atoms with Crippen LogP contribution in [0, 0.1) is 0 Å². The molecule has 2 rings (SSSR count). The van der Waals surface area contributed by atoms with Gasteiger partial charge in [-0.05, 0) is 26.0 Å². The Morgan fingerprint density at radius 2 is 2.11 bits per heavy atom. The van der Waals surface area contributed by atoms with E-state index in [4.69, 9.17) is 10.5 Å². The average molecular weight is 247 g/mol. The predicted octanol–water partition coefficient (Wildman–Crippen LogP) is 1.87. The summed E-state index contributed by atoms with van der Waals surface area (Å²) in [6.45, 7) is 5.22. The highest BCUT2D eigenvalue weighted by molar-refractivity contribution is 5.75. The number of nitrogens with two attached hydrogens (primary N) is 1. The van der Waals surface area contributed by atoms with Gasteiger partial charge in [-0.15, -0.1) is 0 Å². The molecule has 0 amide bonds. The average Bonchev–Trinajstić information content (AvgIpc) is 2.64. The van der Waals surface area contributed by atoms with Gasteiger partial charge in [-0.3, -0.25) is 0 Å². The van der Waals surface area contributed by atoms with Crippen LogP contribution in [-0.2, 0) is 18.2 Å². The first-order valence-corrected chi connectivity index (χ1v) is 6.30. The van der Waals surface area contributed by atoms with Gasteiger partial charge in [0.1, 0.15) is 5.82 Å². The quantitative estimate of drug-likeness (QED) is 0.877. The van der Waals surface area contributed by atoms with Gasteiger partial charge in [-0.2, -0.15) is 0 Å². The fraction of sp³-hybridized carbons (Fsp3) is 0.500. The molecule has 1 heterocycles. The van der Waals surface area contributed by atoms with Gasteiger partial charge in [0.15, 0.2) is 0 Å². The van der Waals surface area contributed by atoms with Gasteiger partial charge in [-0.25, -0.2) is 4.98 Å². The van der Waals surface area contributed by atoms with Crippen molar-refractivity contribution in [2.75, 3.05) is 13.2 Å². The maximum atomic E-state index is 6.25. The first-order chi connectivity index (χ1) is 8.53. The fourth-order valence-corrected chi connectivity index (χ4v) is 2.10. The Bertz CT molecular complexity index is 531. The van der Waals surface area contributed by atoms with E-state index in [2.05, 4.69) is 15.6 Å². The van der Waals surface area contributed by atoms with Crippen LogP contribution in [0.3, 0.4) is 0 Å². The molecule has 0 aliphatic heterocycles. The van der Waals surface area contributed by atoms with Crippen molar-refractivity contribution < 1.29 is 4.74 Å². The number of hydrogen-bond donors (Lipinski definition) is 1. The summed E-state index contributed by atoms with van der Waals surface area (Å²) in [7, 11) is 2.03. The predicted molar refractivity (Wildman–Crippen MR) is 73.5 cm³/mol. The SMILES string of the molecule is CCOCC(C)(N)Cc1nc2ccccc2n1C. The van der Waals surface area contributed by atoms with Crippen molar-refractivity contribution in [2.45, 2.75) is 25.8 Å². The number of aryl methyl sites for hydroxylation is 1. The van der Waals surface area contributed by atoms with Crippen molar-refractivity contribution in [3.8, 4) is 0 Å². The highest BCUT2D eigenvalue weighted by Gasteiger charge is 2.22. The molecule has 4 nitrogen and oxygen atoms in total. The molecular formula is C14H21N3O. The Morgan fingerprint density at radius 1 is 1.39 bits per heavy atom. The molecule has 0 radical (unpaired) electrons. The van der Waals surface area contributed by atoms with Gasteiger partial charge in [0.2, 0.25) is 0 Å². The zero-order valence-corrected chi connectivity index (χ0v) is 11.3. The Morgan fingerprint density at radius 3 is 2.78 bits per heavy atom. The van der Waals surface area contributed by atoms with E-state index >= 15 is 0 Å². The zero-order valence-electron chi connectivity index (χ0n) is 11.3. The standard InChI is InChI=1S/C14H21N3O/c1-4-18-10-14(2,15)9-13-16-11-7-5-6-8-12(11)17(13)3/h5-8H,4,9-10,15H2,1-3H3. The molecule has 0 aliphatic rings. The van der Waals surface area contributed by atoms with Crippen LogP contribution in [0.25, 0.3) is 11.0 Å². The van der Waals surface area contributed by atoms with Crippen LogP contribution >= 0.6 is 0 Å². The molecule has 0 bridgehead atoms. The number of benzene rings is 1. The second-order valence-corrected chi connectivity index (χ2v) is 5.04. The summed E-state index contributed by atoms with van der Waals surface area (Å²) in [5.74, 6) is 1.00. The summed E-state index contributed by atoms with van der Waals surface area (Å²) in [4.78, 5) is 4.63. The van der Waals surface area contributed by atoms with Gasteiger partial charge in [0.25, 0.3) is 0 Å². The molecule has 2 N–H and O–H groups in total. The zero-order chi connectivity index (χ0) is 13.2. The van der Waals surface area contributed by atoms with E-state index in [0.29, 0.717) is 19.6 Å². The molecule has 0 fully saturated rings. The van der Waals surface area contributed by atoms with Gasteiger partial charge < -0.3 is 15.0 Å². The van der Waals surface area contributed by atoms with Crippen molar-refractivity contribution in [2.24, 2.45) is 12.8 Å². The summed E-state index contributed by atoms with van der Waals surface area (Å²) in [5, 5.41) is 0. The summed E-state index contributed by atoms with van der Waals surface area (Å²) in [6.07, 6.45) is 0.707. The van der Waals surface area contributed by atoms with E-state index in [1.165, 1.54) is 0 Å². The topological polar surface area (TPSA) is 53.1 Å². The second kappa shape index (κ2) is 5.08. The van der Waals surface area contributed by atoms with Crippen LogP contribution in [0.2, 0.25) is 0 Å². The van der Waals surface area contributed by atoms with Gasteiger partial charge in [-0.1, -0.05) is 12.1 Å². The highest BCUT2D eigenvalue weighted by Crippen LogP contribution is 2.17. The summed E-state index contributed by atoms with van der Waals surface area (Å²) in [6, 6.07) is 8.12. The Hall–Kier alpha value is -1.39. The lowest BCUT2D eigenvalue weighted by atomic mass is 10.0. The van der Waals surface area contributed by atoms with Gasteiger partial charge in [0, 0.05) is 25.6 Å². The normalized spacial score (nSPS) is 14.9. The maximum absolute atomic E-state index is 6.25. The molecule has 0 saturated heterocycles. The molecule has 0 saturated carbocycles. The summed E-state index contributed by atoms with van der Waals surface area (Å²) in [5.41, 5.74) is 8.02. The van der Waals surface area contributed by atoms with Crippen LogP contribution in [0.4, 0.5) is 0 Å². The van der Waals surface area contributed by atoms with E-state index in [1.807, 2.05) is 39.1 Å². The number of rotatable bonds is 5. The largest absolute Gasteiger partial charge is 0.380 e. The number of imidazole rings is 1. The third kappa shape index (κ3) is 2.71. The summed E-state index contributed by atoms with van der Waals surface area (Å²) >= 11 is 0. The van der Waals surface area contributed by atoms with Crippen molar-refractivity contribution in [3.63, 3.8) is 0 Å². The maximum Gasteiger partial charge on any atom is 0.111 e. The molecule has 0 spiro atoms. The van der Waals surface area contributed by atoms with Crippen molar-refractivity contribution in [1.82, 2.24) is 9.55 Å². The second-order valence-electron chi connectivity index (χ2n) is 5.04. The molecule has 1 aromatic heterocycles. The first kappa shape index (κ1) is 13.1. The van der Waals surface area contributed by atoms with Crippen molar-refractivity contribution >= 4 is 11.0 Å². The molecule has 98 valence electrons. The van der Waals surface area contributed by atoms with Crippen LogP contribution in [0.15, 0.2) is 24.3 Å². The molecule has 18 heavy (non-hydrogen) atoms. The molecule has 1 atom stereocenters. The van der Waals surface area contributed by atoms with Gasteiger partial charge in [0.05, 0.1) is 17.6 Å². The molecule has 1 unspecified atom stereocenters. The number of hydrogen-bond acceptors (Lipinski definition) is 3. The third-order valence-electron chi connectivity index (χ3n) is 3.08. The fourth-order valence-electron chi connectivity index (χ4n) is 2.10. The number of para-hydroxylation sites is 2. The Labute approximate surface area is 108 Å². The molecule has 2 aromatic rings. The number of nitrogens with zero attached hydrogens (tertiary/aromatic N) is 2. The minimum Gasteiger partial charge on any atom is -0.380 e. The lowest BCUT2D eigenvalue weighted by molar-refractivity contribution is 0.100. The molecule has 4 heteroatoms. The first-order valence-electron chi connectivity index (χ1n) is 6.30. The molecular weight excluding hydrogens is 226 g/mol. The van der Waals surface area contributed by atoms with Crippen LogP contribution in [-0.4, -0.2) is 28.3 Å². The lowest BCUT2D eigenvalue weighted by Crippen LogP contribution is -2.44. The lowest BCUT2D eigenvalue weighted by Gasteiger charge is -2.23. The Kier molecular flexibility index (Phi) is 3.68. The van der Waals surface area contributed by atoms with Crippen LogP contribution in [0.5, 0.6) is 0 Å². The number of ether oxygens (including phenoxy) is 1. The van der Waals surface area contributed by atoms with E-state index in [0.717, 1.165) is 16.9 Å². The van der Waals surface area contributed by atoms with E-state index in [-0.39, 0.29) is 5.54 Å². The van der Waals surface area contributed by atoms with E-state index in [9.17, 15) is 0 Å². The smallest absolute Gasteiger partial charge is 0.111 e. The molecule has 0 aliphatic carbocycles. The van der Waals surface area contributed by atoms with Crippen molar-refractivity contribution in [1.29, 1.82) is 0 Å².